The van der Waals surface area contributed by atoms with Gasteiger partial charge in [-0.25, -0.2) is 0 Å². The Morgan fingerprint density at radius 3 is 2.50 bits per heavy atom. The summed E-state index contributed by atoms with van der Waals surface area (Å²) in [6.07, 6.45) is 5.18. The summed E-state index contributed by atoms with van der Waals surface area (Å²) in [6, 6.07) is 9.73. The molecule has 1 aromatic carbocycles. The van der Waals surface area contributed by atoms with Crippen LogP contribution >= 0.6 is 15.9 Å². The third kappa shape index (κ3) is 4.36. The molecule has 5 nitrogen and oxygen atoms in total. The second-order valence-electron chi connectivity index (χ2n) is 6.60. The van der Waals surface area contributed by atoms with Crippen molar-refractivity contribution in [2.75, 3.05) is 13.1 Å². The molecular formula is C20H23BrN2O3. The number of nitrogens with zero attached hydrogens (tertiary/aromatic N) is 1. The van der Waals surface area contributed by atoms with Gasteiger partial charge in [0.1, 0.15) is 6.26 Å². The molecule has 1 atom stereocenters. The van der Waals surface area contributed by atoms with Gasteiger partial charge in [0.05, 0.1) is 17.9 Å². The third-order valence-electron chi connectivity index (χ3n) is 4.92. The van der Waals surface area contributed by atoms with Gasteiger partial charge in [-0.3, -0.25) is 9.59 Å². The predicted molar refractivity (Wildman–Crippen MR) is 103 cm³/mol. The van der Waals surface area contributed by atoms with E-state index in [2.05, 4.69) is 28.2 Å². The highest BCUT2D eigenvalue weighted by atomic mass is 79.9. The molecule has 1 aromatic heterocycles. The zero-order valence-electron chi connectivity index (χ0n) is 14.8. The number of rotatable bonds is 5. The van der Waals surface area contributed by atoms with E-state index in [1.807, 2.05) is 24.3 Å². The Kier molecular flexibility index (Phi) is 6.14. The first kappa shape index (κ1) is 18.7. The van der Waals surface area contributed by atoms with Crippen LogP contribution in [0.3, 0.4) is 0 Å². The molecule has 1 fully saturated rings. The van der Waals surface area contributed by atoms with Gasteiger partial charge in [0.25, 0.3) is 5.91 Å². The number of hydrogen-bond acceptors (Lipinski definition) is 3. The fourth-order valence-corrected chi connectivity index (χ4v) is 3.58. The van der Waals surface area contributed by atoms with Crippen LogP contribution in [-0.4, -0.2) is 29.8 Å². The molecule has 2 aromatic rings. The number of carbonyl (C=O) groups excluding carboxylic acids is 2. The number of piperidine rings is 1. The van der Waals surface area contributed by atoms with Crippen LogP contribution in [0, 0.1) is 5.92 Å². The van der Waals surface area contributed by atoms with Crippen molar-refractivity contribution in [3.8, 4) is 0 Å². The highest BCUT2D eigenvalue weighted by molar-refractivity contribution is 9.10. The zero-order chi connectivity index (χ0) is 18.5. The molecule has 6 heteroatoms. The second-order valence-corrected chi connectivity index (χ2v) is 7.52. The summed E-state index contributed by atoms with van der Waals surface area (Å²) in [6.45, 7) is 3.26. The Balaban J connectivity index is 1.54. The minimum atomic E-state index is -0.0482. The Morgan fingerprint density at radius 1 is 1.23 bits per heavy atom. The number of furan rings is 1. The van der Waals surface area contributed by atoms with Crippen molar-refractivity contribution in [3.05, 3.63) is 58.5 Å². The summed E-state index contributed by atoms with van der Waals surface area (Å²) in [5, 5.41) is 3.17. The van der Waals surface area contributed by atoms with Crippen LogP contribution in [0.2, 0.25) is 0 Å². The largest absolute Gasteiger partial charge is 0.472 e. The van der Waals surface area contributed by atoms with Gasteiger partial charge in [-0.15, -0.1) is 0 Å². The van der Waals surface area contributed by atoms with Crippen molar-refractivity contribution in [1.82, 2.24) is 10.2 Å². The van der Waals surface area contributed by atoms with Crippen LogP contribution in [0.4, 0.5) is 0 Å². The number of carbonyl (C=O) groups is 2. The molecule has 2 amide bonds. The van der Waals surface area contributed by atoms with Gasteiger partial charge in [-0.05, 0) is 43.0 Å². The summed E-state index contributed by atoms with van der Waals surface area (Å²) in [7, 11) is 0. The van der Waals surface area contributed by atoms with E-state index >= 15 is 0 Å². The highest BCUT2D eigenvalue weighted by Crippen LogP contribution is 2.23. The maximum Gasteiger partial charge on any atom is 0.257 e. The van der Waals surface area contributed by atoms with Crippen molar-refractivity contribution in [2.24, 2.45) is 5.92 Å². The van der Waals surface area contributed by atoms with Crippen molar-refractivity contribution >= 4 is 27.7 Å². The van der Waals surface area contributed by atoms with Gasteiger partial charge in [0.15, 0.2) is 0 Å². The molecule has 26 heavy (non-hydrogen) atoms. The first-order valence-corrected chi connectivity index (χ1v) is 9.75. The van der Waals surface area contributed by atoms with Crippen LogP contribution < -0.4 is 5.32 Å². The number of amides is 2. The normalized spacial score (nSPS) is 16.3. The minimum Gasteiger partial charge on any atom is -0.472 e. The van der Waals surface area contributed by atoms with E-state index in [1.54, 1.807) is 11.0 Å². The fourth-order valence-electron chi connectivity index (χ4n) is 3.32. The molecule has 1 aliphatic heterocycles. The average Bonchev–Trinajstić information content (AvgIpc) is 3.21. The molecule has 0 aliphatic carbocycles. The van der Waals surface area contributed by atoms with Gasteiger partial charge in [0.2, 0.25) is 5.91 Å². The number of hydrogen-bond donors (Lipinski definition) is 1. The standard InChI is InChI=1S/C20H23BrN2O3/c1-2-18(14-3-5-17(21)6-4-14)22-19(24)15-7-10-23(11-8-15)20(25)16-9-12-26-13-16/h3-6,9,12-13,15,18H,2,7-8,10-11H2,1H3,(H,22,24). The maximum atomic E-state index is 12.7. The molecule has 0 spiro atoms. The van der Waals surface area contributed by atoms with E-state index in [9.17, 15) is 9.59 Å². The molecule has 3 rings (SSSR count). The lowest BCUT2D eigenvalue weighted by Gasteiger charge is -2.32. The number of benzene rings is 1. The Morgan fingerprint density at radius 2 is 1.92 bits per heavy atom. The van der Waals surface area contributed by atoms with E-state index in [1.165, 1.54) is 12.5 Å². The van der Waals surface area contributed by atoms with Gasteiger partial charge >= 0.3 is 0 Å². The van der Waals surface area contributed by atoms with Gasteiger partial charge in [0, 0.05) is 23.5 Å². The molecule has 138 valence electrons. The fraction of sp³-hybridized carbons (Fsp3) is 0.400. The zero-order valence-corrected chi connectivity index (χ0v) is 16.4. The molecule has 2 heterocycles. The van der Waals surface area contributed by atoms with Crippen molar-refractivity contribution in [1.29, 1.82) is 0 Å². The van der Waals surface area contributed by atoms with E-state index in [0.717, 1.165) is 16.5 Å². The van der Waals surface area contributed by atoms with Crippen LogP contribution in [0.25, 0.3) is 0 Å². The Bertz CT molecular complexity index is 735. The van der Waals surface area contributed by atoms with Crippen molar-refractivity contribution in [3.63, 3.8) is 0 Å². The Labute approximate surface area is 161 Å². The maximum absolute atomic E-state index is 12.7. The van der Waals surface area contributed by atoms with E-state index in [4.69, 9.17) is 4.42 Å². The predicted octanol–water partition coefficient (Wildman–Crippen LogP) is 4.16. The topological polar surface area (TPSA) is 62.6 Å². The first-order valence-electron chi connectivity index (χ1n) is 8.95. The summed E-state index contributed by atoms with van der Waals surface area (Å²) in [5.74, 6) is 0.00184. The third-order valence-corrected chi connectivity index (χ3v) is 5.45. The smallest absolute Gasteiger partial charge is 0.257 e. The first-order chi connectivity index (χ1) is 12.6. The van der Waals surface area contributed by atoms with Crippen LogP contribution in [0.5, 0.6) is 0 Å². The Hall–Kier alpha value is -2.08. The van der Waals surface area contributed by atoms with Crippen molar-refractivity contribution in [2.45, 2.75) is 32.2 Å². The van der Waals surface area contributed by atoms with E-state index in [-0.39, 0.29) is 23.8 Å². The van der Waals surface area contributed by atoms with Crippen LogP contribution in [0.15, 0.2) is 51.7 Å². The summed E-state index contributed by atoms with van der Waals surface area (Å²) in [4.78, 5) is 26.8. The van der Waals surface area contributed by atoms with Gasteiger partial charge in [-0.2, -0.15) is 0 Å². The van der Waals surface area contributed by atoms with Crippen molar-refractivity contribution < 1.29 is 14.0 Å². The molecule has 0 bridgehead atoms. The lowest BCUT2D eigenvalue weighted by atomic mass is 9.94. The molecule has 0 radical (unpaired) electrons. The number of likely N-dealkylation sites (tertiary alicyclic amines) is 1. The average molecular weight is 419 g/mol. The lowest BCUT2D eigenvalue weighted by molar-refractivity contribution is -0.127. The molecule has 1 N–H and O–H groups in total. The molecule has 1 aliphatic rings. The molecule has 1 unspecified atom stereocenters. The number of halogens is 1. The second kappa shape index (κ2) is 8.54. The van der Waals surface area contributed by atoms with E-state index in [0.29, 0.717) is 31.5 Å². The SMILES string of the molecule is CCC(NC(=O)C1CCN(C(=O)c2ccoc2)CC1)c1ccc(Br)cc1. The van der Waals surface area contributed by atoms with Gasteiger partial charge in [-0.1, -0.05) is 35.0 Å². The van der Waals surface area contributed by atoms with Gasteiger partial charge < -0.3 is 14.6 Å². The number of nitrogens with one attached hydrogen (secondary N) is 1. The lowest BCUT2D eigenvalue weighted by Crippen LogP contribution is -2.43. The van der Waals surface area contributed by atoms with Crippen LogP contribution in [0.1, 0.15) is 48.1 Å². The summed E-state index contributed by atoms with van der Waals surface area (Å²) < 4.78 is 6.00. The van der Waals surface area contributed by atoms with E-state index < -0.39 is 0 Å². The van der Waals surface area contributed by atoms with Crippen LogP contribution in [-0.2, 0) is 4.79 Å². The summed E-state index contributed by atoms with van der Waals surface area (Å²) in [5.41, 5.74) is 1.67. The quantitative estimate of drug-likeness (QED) is 0.792. The monoisotopic (exact) mass is 418 g/mol. The molecule has 1 saturated heterocycles. The minimum absolute atomic E-state index is 0.0150. The molecule has 0 saturated carbocycles. The molecular weight excluding hydrogens is 396 g/mol. The highest BCUT2D eigenvalue weighted by Gasteiger charge is 2.29. The summed E-state index contributed by atoms with van der Waals surface area (Å²) >= 11 is 3.44.